The van der Waals surface area contributed by atoms with Gasteiger partial charge in [-0.15, -0.1) is 6.58 Å². The van der Waals surface area contributed by atoms with Gasteiger partial charge in [0, 0.05) is 0 Å². The van der Waals surface area contributed by atoms with Crippen LogP contribution in [0, 0.1) is 0 Å². The van der Waals surface area contributed by atoms with Gasteiger partial charge in [0.25, 0.3) is 0 Å². The van der Waals surface area contributed by atoms with E-state index in [1.54, 1.807) is 6.08 Å². The minimum Gasteiger partial charge on any atom is -0.233 e. The molecule has 0 aromatic carbocycles. The van der Waals surface area contributed by atoms with Crippen molar-refractivity contribution in [2.24, 2.45) is 0 Å². The van der Waals surface area contributed by atoms with Gasteiger partial charge in [-0.1, -0.05) is 38.7 Å². The van der Waals surface area contributed by atoms with Gasteiger partial charge in [-0.2, -0.15) is 0 Å². The van der Waals surface area contributed by atoms with E-state index in [-0.39, 0.29) is 0 Å². The molecule has 0 spiro atoms. The highest BCUT2D eigenvalue weighted by Crippen LogP contribution is 2.08. The lowest BCUT2D eigenvalue weighted by atomic mass is 10.1. The Hall–Kier alpha value is -0.300. The summed E-state index contributed by atoms with van der Waals surface area (Å²) >= 11 is 0. The smallest absolute Gasteiger partial charge is 0.0964 e. The van der Waals surface area contributed by atoms with Crippen molar-refractivity contribution in [2.75, 3.05) is 0 Å². The van der Waals surface area contributed by atoms with Crippen molar-refractivity contribution in [1.29, 1.82) is 0 Å². The Bertz CT molecular complexity index is 88.9. The molecule has 0 N–H and O–H groups in total. The largest absolute Gasteiger partial charge is 0.233 e. The molecule has 0 aromatic rings. The topological polar surface area (TPSA) is 19.9 Å². The van der Waals surface area contributed by atoms with Crippen LogP contribution < -0.4 is 0 Å². The third-order valence-electron chi connectivity index (χ3n) is 1.81. The maximum atomic E-state index is 11.0. The molecule has 0 fully saturated rings. The first-order valence-electron chi connectivity index (χ1n) is 4.58. The fourth-order valence-electron chi connectivity index (χ4n) is 1.10. The van der Waals surface area contributed by atoms with Crippen LogP contribution in [-0.4, -0.2) is 6.10 Å². The molecule has 0 bridgehead atoms. The van der Waals surface area contributed by atoms with Gasteiger partial charge in [0.05, 0.1) is 6.10 Å². The Morgan fingerprint density at radius 3 is 2.64 bits per heavy atom. The molecule has 0 saturated carbocycles. The van der Waals surface area contributed by atoms with E-state index in [9.17, 15) is 5.11 Å². The zero-order valence-electron chi connectivity index (χ0n) is 7.51. The normalized spacial score (nSPS) is 12.9. The zero-order chi connectivity index (χ0) is 8.53. The molecule has 1 radical (unpaired) electrons. The Morgan fingerprint density at radius 1 is 1.36 bits per heavy atom. The van der Waals surface area contributed by atoms with Gasteiger partial charge in [-0.25, -0.2) is 5.11 Å². The maximum absolute atomic E-state index is 11.0. The second kappa shape index (κ2) is 7.80. The number of hydrogen-bond donors (Lipinski definition) is 0. The average molecular weight is 155 g/mol. The SMILES string of the molecule is C=CCC([O])CCCCCC. The van der Waals surface area contributed by atoms with E-state index in [1.807, 2.05) is 0 Å². The minimum absolute atomic E-state index is 0.399. The lowest BCUT2D eigenvalue weighted by Crippen LogP contribution is -2.01. The van der Waals surface area contributed by atoms with E-state index in [4.69, 9.17) is 0 Å². The molecular weight excluding hydrogens is 136 g/mol. The van der Waals surface area contributed by atoms with E-state index >= 15 is 0 Å². The van der Waals surface area contributed by atoms with Crippen LogP contribution >= 0.6 is 0 Å². The summed E-state index contributed by atoms with van der Waals surface area (Å²) in [6, 6.07) is 0. The lowest BCUT2D eigenvalue weighted by Gasteiger charge is -2.03. The summed E-state index contributed by atoms with van der Waals surface area (Å²) < 4.78 is 0. The van der Waals surface area contributed by atoms with Gasteiger partial charge < -0.3 is 0 Å². The van der Waals surface area contributed by atoms with Gasteiger partial charge in [0.2, 0.25) is 0 Å². The van der Waals surface area contributed by atoms with Crippen molar-refractivity contribution in [2.45, 2.75) is 51.6 Å². The highest BCUT2D eigenvalue weighted by molar-refractivity contribution is 4.71. The molecule has 0 rings (SSSR count). The van der Waals surface area contributed by atoms with Crippen LogP contribution in [0.1, 0.15) is 45.4 Å². The molecule has 0 aromatic heterocycles. The molecule has 1 unspecified atom stereocenters. The molecule has 1 nitrogen and oxygen atoms in total. The lowest BCUT2D eigenvalue weighted by molar-refractivity contribution is 0.0814. The predicted octanol–water partition coefficient (Wildman–Crippen LogP) is 3.33. The van der Waals surface area contributed by atoms with Crippen molar-refractivity contribution >= 4 is 0 Å². The van der Waals surface area contributed by atoms with Crippen LogP contribution in [-0.2, 0) is 5.11 Å². The molecule has 0 aliphatic heterocycles. The first-order chi connectivity index (χ1) is 5.31. The summed E-state index contributed by atoms with van der Waals surface area (Å²) in [5, 5.41) is 11.0. The van der Waals surface area contributed by atoms with E-state index in [1.165, 1.54) is 19.3 Å². The summed E-state index contributed by atoms with van der Waals surface area (Å²) in [6.45, 7) is 5.72. The first kappa shape index (κ1) is 10.7. The second-order valence-corrected chi connectivity index (χ2v) is 3.00. The van der Waals surface area contributed by atoms with Crippen LogP contribution in [0.25, 0.3) is 0 Å². The molecular formula is C10H19O. The molecule has 1 atom stereocenters. The van der Waals surface area contributed by atoms with Crippen molar-refractivity contribution in [3.8, 4) is 0 Å². The van der Waals surface area contributed by atoms with Crippen molar-refractivity contribution in [1.82, 2.24) is 0 Å². The fraction of sp³-hybridized carbons (Fsp3) is 0.800. The number of hydrogen-bond acceptors (Lipinski definition) is 0. The first-order valence-corrected chi connectivity index (χ1v) is 4.58. The van der Waals surface area contributed by atoms with Gasteiger partial charge >= 0.3 is 0 Å². The quantitative estimate of drug-likeness (QED) is 0.397. The van der Waals surface area contributed by atoms with Crippen LogP contribution in [0.2, 0.25) is 0 Å². The zero-order valence-corrected chi connectivity index (χ0v) is 7.51. The maximum Gasteiger partial charge on any atom is 0.0964 e. The van der Waals surface area contributed by atoms with Crippen molar-refractivity contribution in [3.05, 3.63) is 12.7 Å². The highest BCUT2D eigenvalue weighted by atomic mass is 16.3. The third-order valence-corrected chi connectivity index (χ3v) is 1.81. The Kier molecular flexibility index (Phi) is 7.59. The van der Waals surface area contributed by atoms with Gasteiger partial charge in [-0.05, 0) is 12.8 Å². The monoisotopic (exact) mass is 155 g/mol. The molecule has 11 heavy (non-hydrogen) atoms. The van der Waals surface area contributed by atoms with Crippen LogP contribution in [0.15, 0.2) is 12.7 Å². The summed E-state index contributed by atoms with van der Waals surface area (Å²) in [4.78, 5) is 0. The number of rotatable bonds is 7. The van der Waals surface area contributed by atoms with Crippen molar-refractivity contribution in [3.63, 3.8) is 0 Å². The van der Waals surface area contributed by atoms with Gasteiger partial charge in [-0.3, -0.25) is 0 Å². The number of unbranched alkanes of at least 4 members (excludes halogenated alkanes) is 3. The van der Waals surface area contributed by atoms with Gasteiger partial charge in [0.1, 0.15) is 0 Å². The molecule has 0 heterocycles. The summed E-state index contributed by atoms with van der Waals surface area (Å²) in [5.41, 5.74) is 0. The van der Waals surface area contributed by atoms with Crippen LogP contribution in [0.4, 0.5) is 0 Å². The molecule has 0 amide bonds. The Balaban J connectivity index is 3.03. The van der Waals surface area contributed by atoms with Crippen LogP contribution in [0.3, 0.4) is 0 Å². The summed E-state index contributed by atoms with van der Waals surface area (Å²) in [6.07, 6.45) is 7.59. The molecule has 0 aliphatic carbocycles. The second-order valence-electron chi connectivity index (χ2n) is 3.00. The van der Waals surface area contributed by atoms with E-state index in [0.717, 1.165) is 12.8 Å². The predicted molar refractivity (Wildman–Crippen MR) is 48.0 cm³/mol. The van der Waals surface area contributed by atoms with Crippen LogP contribution in [0.5, 0.6) is 0 Å². The fourth-order valence-corrected chi connectivity index (χ4v) is 1.10. The summed E-state index contributed by atoms with van der Waals surface area (Å²) in [7, 11) is 0. The average Bonchev–Trinajstić information content (AvgIpc) is 1.99. The Labute approximate surface area is 70.1 Å². The highest BCUT2D eigenvalue weighted by Gasteiger charge is 2.01. The van der Waals surface area contributed by atoms with E-state index < -0.39 is 6.10 Å². The molecule has 0 aliphatic rings. The van der Waals surface area contributed by atoms with E-state index in [2.05, 4.69) is 13.5 Å². The minimum atomic E-state index is -0.399. The Morgan fingerprint density at radius 2 is 2.09 bits per heavy atom. The summed E-state index contributed by atoms with van der Waals surface area (Å²) in [5.74, 6) is 0. The molecule has 0 saturated heterocycles. The van der Waals surface area contributed by atoms with Crippen molar-refractivity contribution < 1.29 is 5.11 Å². The third kappa shape index (κ3) is 7.60. The van der Waals surface area contributed by atoms with E-state index in [0.29, 0.717) is 6.42 Å². The molecule has 1 heteroatoms. The molecule has 65 valence electrons. The van der Waals surface area contributed by atoms with Gasteiger partial charge in [0.15, 0.2) is 0 Å². The standard InChI is InChI=1S/C10H19O/c1-3-5-6-7-9-10(11)8-4-2/h4,10H,2-3,5-9H2,1H3.